The lowest BCUT2D eigenvalue weighted by molar-refractivity contribution is 0.0746. The third-order valence-corrected chi connectivity index (χ3v) is 6.67. The third kappa shape index (κ3) is 4.71. The summed E-state index contributed by atoms with van der Waals surface area (Å²) >= 11 is 0. The van der Waals surface area contributed by atoms with Gasteiger partial charge in [-0.25, -0.2) is 0 Å². The Bertz CT molecular complexity index is 863. The van der Waals surface area contributed by atoms with Gasteiger partial charge in [-0.05, 0) is 48.6 Å². The number of carbonyl (C=O) groups excluding carboxylic acids is 1. The Morgan fingerprint density at radius 1 is 1.18 bits per heavy atom. The summed E-state index contributed by atoms with van der Waals surface area (Å²) < 4.78 is 18.2. The first-order valence-electron chi connectivity index (χ1n) is 9.58. The molecule has 0 radical (unpaired) electrons. The van der Waals surface area contributed by atoms with Crippen LogP contribution in [0.15, 0.2) is 71.8 Å². The zero-order valence-corrected chi connectivity index (χ0v) is 17.4. The van der Waals surface area contributed by atoms with Gasteiger partial charge in [-0.1, -0.05) is 44.2 Å². The monoisotopic (exact) mass is 397 g/mol. The highest BCUT2D eigenvalue weighted by molar-refractivity contribution is 7.85. The first kappa shape index (κ1) is 20.3. The molecule has 0 bridgehead atoms. The summed E-state index contributed by atoms with van der Waals surface area (Å²) in [5.41, 5.74) is 0.572. The molecule has 3 rings (SSSR count). The predicted octanol–water partition coefficient (Wildman–Crippen LogP) is 4.50. The molecule has 1 heterocycles. The first-order valence-corrected chi connectivity index (χ1v) is 10.9. The Kier molecular flexibility index (Phi) is 6.68. The molecule has 0 spiro atoms. The molecule has 28 heavy (non-hydrogen) atoms. The molecule has 4 nitrogen and oxygen atoms in total. The van der Waals surface area contributed by atoms with E-state index in [1.165, 1.54) is 0 Å². The number of rotatable bonds is 6. The van der Waals surface area contributed by atoms with Crippen LogP contribution in [0.2, 0.25) is 0 Å². The fraction of sp³-hybridized carbons (Fsp3) is 0.348. The normalized spacial score (nSPS) is 20.2. The molecule has 0 fully saturated rings. The van der Waals surface area contributed by atoms with E-state index in [0.29, 0.717) is 28.9 Å². The number of hydrogen-bond acceptors (Lipinski definition) is 3. The van der Waals surface area contributed by atoms with Crippen molar-refractivity contribution in [1.29, 1.82) is 0 Å². The van der Waals surface area contributed by atoms with Gasteiger partial charge in [-0.15, -0.1) is 0 Å². The molecule has 5 heteroatoms. The zero-order chi connectivity index (χ0) is 20.1. The molecule has 0 aromatic heterocycles. The minimum Gasteiger partial charge on any atom is -0.497 e. The number of carbonyl (C=O) groups is 1. The molecule has 1 aliphatic rings. The van der Waals surface area contributed by atoms with Crippen molar-refractivity contribution >= 4 is 16.7 Å². The van der Waals surface area contributed by atoms with Crippen LogP contribution in [0.3, 0.4) is 0 Å². The lowest BCUT2D eigenvalue weighted by atomic mass is 9.87. The van der Waals surface area contributed by atoms with Crippen LogP contribution >= 0.6 is 0 Å². The maximum atomic E-state index is 13.2. The van der Waals surface area contributed by atoms with Crippen molar-refractivity contribution in [2.24, 2.45) is 11.8 Å². The van der Waals surface area contributed by atoms with E-state index in [1.54, 1.807) is 24.1 Å². The molecule has 1 amide bonds. The fourth-order valence-corrected chi connectivity index (χ4v) is 4.76. The quantitative estimate of drug-likeness (QED) is 0.721. The third-order valence-electron chi connectivity index (χ3n) is 5.19. The van der Waals surface area contributed by atoms with Crippen LogP contribution < -0.4 is 4.74 Å². The van der Waals surface area contributed by atoms with E-state index in [2.05, 4.69) is 19.9 Å². The second kappa shape index (κ2) is 9.20. The standard InChI is InChI=1S/C23H27NO3S/c1-17(2)18-12-13-24(23(25)19-8-7-9-21(15-19)27-3)20(14-18)16-28(26)22-10-5-4-6-11-22/h4-13,15,17-18,20H,14,16H2,1-3H3/t18-,20+,28?/m0/s1. The average Bonchev–Trinajstić information content (AvgIpc) is 2.73. The Balaban J connectivity index is 1.86. The Morgan fingerprint density at radius 2 is 1.93 bits per heavy atom. The number of hydrogen-bond donors (Lipinski definition) is 0. The number of nitrogens with zero attached hydrogens (tertiary/aromatic N) is 1. The van der Waals surface area contributed by atoms with Gasteiger partial charge in [0.25, 0.3) is 5.91 Å². The summed E-state index contributed by atoms with van der Waals surface area (Å²) in [6.07, 6.45) is 4.79. The van der Waals surface area contributed by atoms with Crippen LogP contribution in [0.5, 0.6) is 5.75 Å². The molecule has 0 N–H and O–H groups in total. The van der Waals surface area contributed by atoms with Gasteiger partial charge >= 0.3 is 0 Å². The SMILES string of the molecule is COc1cccc(C(=O)N2C=C[C@H](C(C)C)C[C@@H]2CS(=O)c2ccccc2)c1. The van der Waals surface area contributed by atoms with Crippen molar-refractivity contribution in [3.63, 3.8) is 0 Å². The van der Waals surface area contributed by atoms with Gasteiger partial charge in [-0.2, -0.15) is 0 Å². The molecule has 2 aromatic rings. The molecule has 2 aromatic carbocycles. The van der Waals surface area contributed by atoms with Crippen molar-refractivity contribution in [3.8, 4) is 5.75 Å². The average molecular weight is 398 g/mol. The lowest BCUT2D eigenvalue weighted by Crippen LogP contribution is -2.43. The number of benzene rings is 2. The molecule has 1 unspecified atom stereocenters. The molecule has 1 aliphatic heterocycles. The van der Waals surface area contributed by atoms with Crippen molar-refractivity contribution in [2.45, 2.75) is 31.2 Å². The van der Waals surface area contributed by atoms with Crippen LogP contribution in [0, 0.1) is 11.8 Å². The summed E-state index contributed by atoms with van der Waals surface area (Å²) in [5.74, 6) is 1.82. The van der Waals surface area contributed by atoms with E-state index in [0.717, 1.165) is 11.3 Å². The maximum absolute atomic E-state index is 13.2. The minimum atomic E-state index is -1.16. The Labute approximate surface area is 169 Å². The number of methoxy groups -OCH3 is 1. The summed E-state index contributed by atoms with van der Waals surface area (Å²) in [6, 6.07) is 16.5. The van der Waals surface area contributed by atoms with Crippen LogP contribution in [0.4, 0.5) is 0 Å². The molecular weight excluding hydrogens is 370 g/mol. The van der Waals surface area contributed by atoms with Gasteiger partial charge in [0.1, 0.15) is 5.75 Å². The van der Waals surface area contributed by atoms with E-state index in [-0.39, 0.29) is 11.9 Å². The van der Waals surface area contributed by atoms with Crippen molar-refractivity contribution in [2.75, 3.05) is 12.9 Å². The van der Waals surface area contributed by atoms with Gasteiger partial charge < -0.3 is 9.64 Å². The smallest absolute Gasteiger partial charge is 0.258 e. The van der Waals surface area contributed by atoms with Crippen molar-refractivity contribution in [3.05, 3.63) is 72.4 Å². The number of amides is 1. The molecule has 3 atom stereocenters. The highest BCUT2D eigenvalue weighted by Crippen LogP contribution is 2.29. The van der Waals surface area contributed by atoms with E-state index in [1.807, 2.05) is 48.7 Å². The summed E-state index contributed by atoms with van der Waals surface area (Å²) in [7, 11) is 0.426. The number of allylic oxidation sites excluding steroid dienone is 1. The van der Waals surface area contributed by atoms with Crippen LogP contribution in [0.25, 0.3) is 0 Å². The molecule has 0 saturated carbocycles. The molecule has 0 saturated heterocycles. The van der Waals surface area contributed by atoms with Crippen LogP contribution in [0.1, 0.15) is 30.6 Å². The van der Waals surface area contributed by atoms with Gasteiger partial charge in [0.05, 0.1) is 17.9 Å². The Hall–Kier alpha value is -2.40. The second-order valence-corrected chi connectivity index (χ2v) is 8.90. The van der Waals surface area contributed by atoms with E-state index in [9.17, 15) is 9.00 Å². The summed E-state index contributed by atoms with van der Waals surface area (Å²) in [5, 5.41) is 0. The van der Waals surface area contributed by atoms with Gasteiger partial charge in [0.15, 0.2) is 0 Å². The topological polar surface area (TPSA) is 46.6 Å². The predicted molar refractivity (Wildman–Crippen MR) is 113 cm³/mol. The Morgan fingerprint density at radius 3 is 2.61 bits per heavy atom. The van der Waals surface area contributed by atoms with Gasteiger partial charge in [-0.3, -0.25) is 9.00 Å². The molecule has 0 aliphatic carbocycles. The van der Waals surface area contributed by atoms with Crippen LogP contribution in [-0.2, 0) is 10.8 Å². The minimum absolute atomic E-state index is 0.0904. The van der Waals surface area contributed by atoms with E-state index >= 15 is 0 Å². The van der Waals surface area contributed by atoms with E-state index < -0.39 is 10.8 Å². The maximum Gasteiger partial charge on any atom is 0.258 e. The first-order chi connectivity index (χ1) is 13.5. The van der Waals surface area contributed by atoms with Crippen molar-refractivity contribution < 1.29 is 13.7 Å². The number of ether oxygens (including phenoxy) is 1. The highest BCUT2D eigenvalue weighted by Gasteiger charge is 2.31. The summed E-state index contributed by atoms with van der Waals surface area (Å²) in [4.78, 5) is 15.7. The molecular formula is C23H27NO3S. The highest BCUT2D eigenvalue weighted by atomic mass is 32.2. The second-order valence-electron chi connectivity index (χ2n) is 7.41. The summed E-state index contributed by atoms with van der Waals surface area (Å²) in [6.45, 7) is 4.36. The van der Waals surface area contributed by atoms with E-state index in [4.69, 9.17) is 4.74 Å². The largest absolute Gasteiger partial charge is 0.497 e. The van der Waals surface area contributed by atoms with Gasteiger partial charge in [0, 0.05) is 28.5 Å². The van der Waals surface area contributed by atoms with Crippen LogP contribution in [-0.4, -0.2) is 33.9 Å². The van der Waals surface area contributed by atoms with Crippen molar-refractivity contribution in [1.82, 2.24) is 4.90 Å². The lowest BCUT2D eigenvalue weighted by Gasteiger charge is -2.36. The molecule has 148 valence electrons. The van der Waals surface area contributed by atoms with Gasteiger partial charge in [0.2, 0.25) is 0 Å². The zero-order valence-electron chi connectivity index (χ0n) is 16.6. The fourth-order valence-electron chi connectivity index (χ4n) is 3.46.